The molecule has 0 spiro atoms. The number of hydrogen-bond donors (Lipinski definition) is 0. The molecule has 3 nitrogen and oxygen atoms in total. The Morgan fingerprint density at radius 1 is 0.762 bits per heavy atom. The molecule has 0 fully saturated rings. The molecule has 0 saturated carbocycles. The minimum atomic E-state index is -1.12. The van der Waals surface area contributed by atoms with Crippen molar-refractivity contribution in [2.75, 3.05) is 13.2 Å². The highest BCUT2D eigenvalue weighted by Gasteiger charge is 2.14. The molecular formula is C17H36O3Si. The van der Waals surface area contributed by atoms with E-state index in [0.717, 1.165) is 18.9 Å². The van der Waals surface area contributed by atoms with Gasteiger partial charge < -0.3 is 9.47 Å². The number of carbonyl (C=O) groups is 1. The van der Waals surface area contributed by atoms with Gasteiger partial charge >= 0.3 is 6.16 Å². The summed E-state index contributed by atoms with van der Waals surface area (Å²) in [6.45, 7) is 10.1. The van der Waals surface area contributed by atoms with Gasteiger partial charge in [0.2, 0.25) is 0 Å². The second-order valence-corrected chi connectivity index (χ2v) is 12.7. The van der Waals surface area contributed by atoms with E-state index in [-0.39, 0.29) is 0 Å². The summed E-state index contributed by atoms with van der Waals surface area (Å²) in [5.41, 5.74) is 0. The maximum atomic E-state index is 11.3. The molecule has 0 heterocycles. The smallest absolute Gasteiger partial charge is 0.435 e. The third-order valence-electron chi connectivity index (χ3n) is 3.54. The van der Waals surface area contributed by atoms with Crippen LogP contribution in [0.15, 0.2) is 0 Å². The monoisotopic (exact) mass is 316 g/mol. The van der Waals surface area contributed by atoms with E-state index < -0.39 is 14.2 Å². The van der Waals surface area contributed by atoms with E-state index in [1.54, 1.807) is 0 Å². The minimum Gasteiger partial charge on any atom is -0.435 e. The van der Waals surface area contributed by atoms with Crippen LogP contribution in [-0.2, 0) is 9.47 Å². The quantitative estimate of drug-likeness (QED) is 0.237. The fourth-order valence-corrected chi connectivity index (χ4v) is 2.76. The molecule has 0 aromatic rings. The van der Waals surface area contributed by atoms with Crippen molar-refractivity contribution >= 4 is 14.2 Å². The van der Waals surface area contributed by atoms with Gasteiger partial charge in [-0.15, -0.1) is 0 Å². The zero-order chi connectivity index (χ0) is 16.0. The first-order chi connectivity index (χ1) is 9.95. The summed E-state index contributed by atoms with van der Waals surface area (Å²) in [4.78, 5) is 11.3. The molecule has 21 heavy (non-hydrogen) atoms. The largest absolute Gasteiger partial charge is 0.508 e. The number of ether oxygens (including phenoxy) is 2. The molecule has 0 saturated heterocycles. The topological polar surface area (TPSA) is 35.5 Å². The van der Waals surface area contributed by atoms with Crippen LogP contribution in [0.3, 0.4) is 0 Å². The summed E-state index contributed by atoms with van der Waals surface area (Å²) in [6.07, 6.45) is 10.9. The molecule has 0 aliphatic carbocycles. The van der Waals surface area contributed by atoms with Crippen molar-refractivity contribution in [2.24, 2.45) is 0 Å². The number of rotatable bonds is 13. The lowest BCUT2D eigenvalue weighted by molar-refractivity contribution is 0.0576. The lowest BCUT2D eigenvalue weighted by Gasteiger charge is -2.15. The number of hydrogen-bond acceptors (Lipinski definition) is 3. The first kappa shape index (κ1) is 20.5. The van der Waals surface area contributed by atoms with Gasteiger partial charge in [-0.3, -0.25) is 0 Å². The SMILES string of the molecule is CCCCCCCCCCCOC(=O)OCC[Si](C)(C)C. The summed E-state index contributed by atoms with van der Waals surface area (Å²) in [6, 6.07) is 1.00. The molecule has 0 aliphatic heterocycles. The highest BCUT2D eigenvalue weighted by Crippen LogP contribution is 2.10. The van der Waals surface area contributed by atoms with Crippen molar-refractivity contribution in [2.45, 2.75) is 90.4 Å². The van der Waals surface area contributed by atoms with Crippen LogP contribution in [-0.4, -0.2) is 27.4 Å². The molecule has 0 unspecified atom stereocenters. The van der Waals surface area contributed by atoms with E-state index in [1.165, 1.54) is 44.9 Å². The summed E-state index contributed by atoms with van der Waals surface area (Å²) >= 11 is 0. The van der Waals surface area contributed by atoms with Gasteiger partial charge in [0.1, 0.15) is 0 Å². The van der Waals surface area contributed by atoms with Crippen LogP contribution in [0.5, 0.6) is 0 Å². The second-order valence-electron chi connectivity index (χ2n) is 7.09. The van der Waals surface area contributed by atoms with Gasteiger partial charge in [0.25, 0.3) is 0 Å². The third-order valence-corrected chi connectivity index (χ3v) is 5.24. The molecule has 0 radical (unpaired) electrons. The van der Waals surface area contributed by atoms with Crippen molar-refractivity contribution in [3.63, 3.8) is 0 Å². The second kappa shape index (κ2) is 13.2. The zero-order valence-electron chi connectivity index (χ0n) is 14.7. The highest BCUT2D eigenvalue weighted by molar-refractivity contribution is 6.76. The standard InChI is InChI=1S/C17H36O3Si/c1-5-6-7-8-9-10-11-12-13-14-19-17(18)20-15-16-21(2,3)4/h5-16H2,1-4H3. The molecule has 0 aromatic heterocycles. The van der Waals surface area contributed by atoms with Crippen molar-refractivity contribution < 1.29 is 14.3 Å². The lowest BCUT2D eigenvalue weighted by Crippen LogP contribution is -2.23. The van der Waals surface area contributed by atoms with Gasteiger partial charge in [0.15, 0.2) is 0 Å². The molecule has 0 bridgehead atoms. The average Bonchev–Trinajstić information content (AvgIpc) is 2.39. The number of unbranched alkanes of at least 4 members (excludes halogenated alkanes) is 8. The third kappa shape index (κ3) is 17.4. The van der Waals surface area contributed by atoms with Crippen LogP contribution in [0.25, 0.3) is 0 Å². The van der Waals surface area contributed by atoms with Crippen molar-refractivity contribution in [3.05, 3.63) is 0 Å². The van der Waals surface area contributed by atoms with E-state index in [9.17, 15) is 4.79 Å². The van der Waals surface area contributed by atoms with E-state index >= 15 is 0 Å². The van der Waals surface area contributed by atoms with Crippen LogP contribution >= 0.6 is 0 Å². The maximum absolute atomic E-state index is 11.3. The molecule has 4 heteroatoms. The summed E-state index contributed by atoms with van der Waals surface area (Å²) in [7, 11) is -1.12. The Morgan fingerprint density at radius 3 is 1.76 bits per heavy atom. The van der Waals surface area contributed by atoms with Crippen LogP contribution in [0.1, 0.15) is 64.7 Å². The first-order valence-corrected chi connectivity index (χ1v) is 12.5. The van der Waals surface area contributed by atoms with Crippen LogP contribution < -0.4 is 0 Å². The Bertz CT molecular complexity index is 249. The predicted octanol–water partition coefficient (Wildman–Crippen LogP) is 6.01. The molecule has 0 amide bonds. The van der Waals surface area contributed by atoms with E-state index in [0.29, 0.717) is 13.2 Å². The van der Waals surface area contributed by atoms with Gasteiger partial charge in [0.05, 0.1) is 13.2 Å². The Hall–Kier alpha value is -0.513. The van der Waals surface area contributed by atoms with Gasteiger partial charge in [-0.2, -0.15) is 0 Å². The van der Waals surface area contributed by atoms with E-state index in [1.807, 2.05) is 0 Å². The van der Waals surface area contributed by atoms with Gasteiger partial charge in [-0.25, -0.2) is 4.79 Å². The molecule has 0 aliphatic rings. The molecule has 0 aromatic carbocycles. The Morgan fingerprint density at radius 2 is 1.24 bits per heavy atom. The molecule has 0 rings (SSSR count). The molecule has 126 valence electrons. The zero-order valence-corrected chi connectivity index (χ0v) is 15.7. The fraction of sp³-hybridized carbons (Fsp3) is 0.941. The Labute approximate surface area is 132 Å². The molecule has 0 N–H and O–H groups in total. The Balaban J connectivity index is 3.22. The summed E-state index contributed by atoms with van der Waals surface area (Å²) in [5.74, 6) is 0. The highest BCUT2D eigenvalue weighted by atomic mass is 28.3. The average molecular weight is 317 g/mol. The van der Waals surface area contributed by atoms with E-state index in [2.05, 4.69) is 26.6 Å². The summed E-state index contributed by atoms with van der Waals surface area (Å²) < 4.78 is 10.1. The number of carbonyl (C=O) groups excluding carboxylic acids is 1. The Kier molecular flexibility index (Phi) is 12.8. The normalized spacial score (nSPS) is 11.4. The minimum absolute atomic E-state index is 0.493. The first-order valence-electron chi connectivity index (χ1n) is 8.75. The van der Waals surface area contributed by atoms with Crippen molar-refractivity contribution in [3.8, 4) is 0 Å². The summed E-state index contributed by atoms with van der Waals surface area (Å²) in [5, 5.41) is 0. The van der Waals surface area contributed by atoms with Crippen LogP contribution in [0.2, 0.25) is 25.7 Å². The fourth-order valence-electron chi connectivity index (χ4n) is 2.05. The van der Waals surface area contributed by atoms with Crippen LogP contribution in [0, 0.1) is 0 Å². The van der Waals surface area contributed by atoms with Gasteiger partial charge in [0, 0.05) is 8.07 Å². The predicted molar refractivity (Wildman–Crippen MR) is 92.7 cm³/mol. The van der Waals surface area contributed by atoms with Gasteiger partial charge in [-0.1, -0.05) is 77.9 Å². The van der Waals surface area contributed by atoms with Crippen molar-refractivity contribution in [1.29, 1.82) is 0 Å². The van der Waals surface area contributed by atoms with Gasteiger partial charge in [-0.05, 0) is 12.5 Å². The lowest BCUT2D eigenvalue weighted by atomic mass is 10.1. The van der Waals surface area contributed by atoms with E-state index in [4.69, 9.17) is 9.47 Å². The maximum Gasteiger partial charge on any atom is 0.508 e. The molecule has 0 atom stereocenters. The van der Waals surface area contributed by atoms with Crippen molar-refractivity contribution in [1.82, 2.24) is 0 Å². The van der Waals surface area contributed by atoms with Crippen LogP contribution in [0.4, 0.5) is 4.79 Å². The molecular weight excluding hydrogens is 280 g/mol.